The fourth-order valence-corrected chi connectivity index (χ4v) is 1.34. The van der Waals surface area contributed by atoms with Crippen molar-refractivity contribution >= 4 is 21.8 Å². The number of amides is 1. The molecular weight excluding hydrogens is 248 g/mol. The number of carbonyl (C=O) groups is 1. The predicted molar refractivity (Wildman–Crippen MR) is 53.6 cm³/mol. The van der Waals surface area contributed by atoms with E-state index in [1.807, 2.05) is 13.0 Å². The summed E-state index contributed by atoms with van der Waals surface area (Å²) in [6, 6.07) is 3.08. The number of nitriles is 1. The third kappa shape index (κ3) is 2.36. The van der Waals surface area contributed by atoms with Gasteiger partial charge in [0.25, 0.3) is 5.91 Å². The molecule has 0 saturated carbocycles. The first-order valence-electron chi connectivity index (χ1n) is 4.12. The lowest BCUT2D eigenvalue weighted by atomic mass is 10.2. The van der Waals surface area contributed by atoms with E-state index in [0.29, 0.717) is 16.7 Å². The maximum Gasteiger partial charge on any atom is 0.256 e. The van der Waals surface area contributed by atoms with Crippen LogP contribution >= 0.6 is 15.9 Å². The molecule has 0 spiro atoms. The van der Waals surface area contributed by atoms with Gasteiger partial charge in [0.05, 0.1) is 17.9 Å². The second kappa shape index (κ2) is 4.82. The van der Waals surface area contributed by atoms with E-state index < -0.39 is 6.04 Å². The first-order chi connectivity index (χ1) is 6.69. The lowest BCUT2D eigenvalue weighted by Crippen LogP contribution is -2.33. The van der Waals surface area contributed by atoms with Crippen molar-refractivity contribution in [2.24, 2.45) is 0 Å². The Morgan fingerprint density at radius 2 is 2.57 bits per heavy atom. The molecule has 5 heteroatoms. The highest BCUT2D eigenvalue weighted by molar-refractivity contribution is 9.10. The summed E-state index contributed by atoms with van der Waals surface area (Å²) in [7, 11) is 0. The largest absolute Gasteiger partial charge is 0.457 e. The minimum Gasteiger partial charge on any atom is -0.457 e. The second-order valence-electron chi connectivity index (χ2n) is 2.67. The van der Waals surface area contributed by atoms with Crippen molar-refractivity contribution in [2.75, 3.05) is 0 Å². The van der Waals surface area contributed by atoms with Crippen molar-refractivity contribution in [1.82, 2.24) is 5.32 Å². The molecule has 0 radical (unpaired) electrons. The second-order valence-corrected chi connectivity index (χ2v) is 3.39. The van der Waals surface area contributed by atoms with Crippen LogP contribution in [0.1, 0.15) is 23.7 Å². The Hall–Kier alpha value is -1.28. The molecule has 0 aliphatic rings. The van der Waals surface area contributed by atoms with Crippen LogP contribution in [0.4, 0.5) is 0 Å². The zero-order chi connectivity index (χ0) is 10.6. The first kappa shape index (κ1) is 10.8. The summed E-state index contributed by atoms with van der Waals surface area (Å²) in [5.41, 5.74) is 0.402. The van der Waals surface area contributed by atoms with Crippen molar-refractivity contribution in [3.8, 4) is 6.07 Å². The molecule has 0 aromatic carbocycles. The number of nitrogens with one attached hydrogen (secondary N) is 1. The number of hydrogen-bond acceptors (Lipinski definition) is 3. The van der Waals surface area contributed by atoms with Gasteiger partial charge < -0.3 is 9.73 Å². The molecule has 1 aromatic rings. The summed E-state index contributed by atoms with van der Waals surface area (Å²) in [4.78, 5) is 11.5. The normalized spacial score (nSPS) is 11.8. The fraction of sp³-hybridized carbons (Fsp3) is 0.333. The van der Waals surface area contributed by atoms with E-state index in [9.17, 15) is 4.79 Å². The van der Waals surface area contributed by atoms with Crippen LogP contribution < -0.4 is 5.32 Å². The molecule has 14 heavy (non-hydrogen) atoms. The van der Waals surface area contributed by atoms with Crippen LogP contribution in [-0.2, 0) is 0 Å². The Morgan fingerprint density at radius 1 is 1.86 bits per heavy atom. The molecule has 1 amide bonds. The van der Waals surface area contributed by atoms with E-state index in [2.05, 4.69) is 21.2 Å². The van der Waals surface area contributed by atoms with Crippen molar-refractivity contribution in [3.05, 3.63) is 22.6 Å². The highest BCUT2D eigenvalue weighted by atomic mass is 79.9. The smallest absolute Gasteiger partial charge is 0.256 e. The third-order valence-corrected chi connectivity index (χ3v) is 2.35. The number of furan rings is 1. The minimum absolute atomic E-state index is 0.306. The van der Waals surface area contributed by atoms with Gasteiger partial charge in [-0.3, -0.25) is 4.79 Å². The molecule has 0 saturated heterocycles. The van der Waals surface area contributed by atoms with Gasteiger partial charge >= 0.3 is 0 Å². The molecule has 1 rings (SSSR count). The van der Waals surface area contributed by atoms with Crippen LogP contribution in [0, 0.1) is 11.3 Å². The number of rotatable bonds is 3. The monoisotopic (exact) mass is 256 g/mol. The molecule has 1 heterocycles. The topological polar surface area (TPSA) is 66.0 Å². The van der Waals surface area contributed by atoms with Crippen LogP contribution in [-0.4, -0.2) is 11.9 Å². The molecule has 4 nitrogen and oxygen atoms in total. The number of halogens is 1. The van der Waals surface area contributed by atoms with Gasteiger partial charge in [0, 0.05) is 0 Å². The molecule has 0 aliphatic heterocycles. The van der Waals surface area contributed by atoms with E-state index in [0.717, 1.165) is 0 Å². The molecule has 1 unspecified atom stereocenters. The van der Waals surface area contributed by atoms with Crippen LogP contribution in [0.3, 0.4) is 0 Å². The molecule has 0 aliphatic carbocycles. The van der Waals surface area contributed by atoms with Gasteiger partial charge in [-0.05, 0) is 28.4 Å². The van der Waals surface area contributed by atoms with E-state index >= 15 is 0 Å². The number of hydrogen-bond donors (Lipinski definition) is 1. The van der Waals surface area contributed by atoms with Crippen molar-refractivity contribution in [3.63, 3.8) is 0 Å². The van der Waals surface area contributed by atoms with Crippen molar-refractivity contribution in [2.45, 2.75) is 19.4 Å². The van der Waals surface area contributed by atoms with Gasteiger partial charge in [-0.1, -0.05) is 6.92 Å². The van der Waals surface area contributed by atoms with E-state index in [1.54, 1.807) is 6.07 Å². The standard InChI is InChI=1S/C9H9BrN2O2/c1-2-6(5-11)12-9(13)7-3-4-14-8(7)10/h3-4,6H,2H2,1H3,(H,12,13). The molecule has 1 aromatic heterocycles. The molecule has 74 valence electrons. The summed E-state index contributed by atoms with van der Waals surface area (Å²) in [6.07, 6.45) is 1.99. The Bertz CT molecular complexity index is 367. The third-order valence-electron chi connectivity index (χ3n) is 1.73. The lowest BCUT2D eigenvalue weighted by Gasteiger charge is -2.07. The van der Waals surface area contributed by atoms with Gasteiger partial charge in [0.1, 0.15) is 6.04 Å². The summed E-state index contributed by atoms with van der Waals surface area (Å²) < 4.78 is 5.28. The molecular formula is C9H9BrN2O2. The summed E-state index contributed by atoms with van der Waals surface area (Å²) in [6.45, 7) is 1.83. The van der Waals surface area contributed by atoms with Gasteiger partial charge in [-0.25, -0.2) is 0 Å². The fourth-order valence-electron chi connectivity index (χ4n) is 0.917. The average molecular weight is 257 g/mol. The Labute approximate surface area is 90.0 Å². The van der Waals surface area contributed by atoms with E-state index in [1.165, 1.54) is 6.26 Å². The van der Waals surface area contributed by atoms with Gasteiger partial charge in [-0.15, -0.1) is 0 Å². The highest BCUT2D eigenvalue weighted by Gasteiger charge is 2.15. The molecule has 1 atom stereocenters. The quantitative estimate of drug-likeness (QED) is 0.901. The van der Waals surface area contributed by atoms with Gasteiger partial charge in [0.15, 0.2) is 4.67 Å². The Kier molecular flexibility index (Phi) is 3.72. The van der Waals surface area contributed by atoms with Crippen molar-refractivity contribution in [1.29, 1.82) is 5.26 Å². The Morgan fingerprint density at radius 3 is 3.00 bits per heavy atom. The minimum atomic E-state index is -0.454. The maximum absolute atomic E-state index is 11.5. The number of nitrogens with zero attached hydrogens (tertiary/aromatic N) is 1. The average Bonchev–Trinajstić information content (AvgIpc) is 2.60. The van der Waals surface area contributed by atoms with Crippen molar-refractivity contribution < 1.29 is 9.21 Å². The van der Waals surface area contributed by atoms with Gasteiger partial charge in [-0.2, -0.15) is 5.26 Å². The van der Waals surface area contributed by atoms with Crippen LogP contribution in [0.5, 0.6) is 0 Å². The SMILES string of the molecule is CCC(C#N)NC(=O)c1ccoc1Br. The molecule has 0 fully saturated rings. The Balaban J connectivity index is 2.69. The molecule has 0 bridgehead atoms. The lowest BCUT2D eigenvalue weighted by molar-refractivity contribution is 0.0943. The van der Waals surface area contributed by atoms with Crippen LogP contribution in [0.25, 0.3) is 0 Å². The summed E-state index contributed by atoms with van der Waals surface area (Å²) >= 11 is 3.09. The van der Waals surface area contributed by atoms with Crippen LogP contribution in [0.2, 0.25) is 0 Å². The molecule has 1 N–H and O–H groups in total. The highest BCUT2D eigenvalue weighted by Crippen LogP contribution is 2.17. The summed E-state index contributed by atoms with van der Waals surface area (Å²) in [5.74, 6) is -0.306. The van der Waals surface area contributed by atoms with E-state index in [4.69, 9.17) is 9.68 Å². The zero-order valence-corrected chi connectivity index (χ0v) is 9.17. The predicted octanol–water partition coefficient (Wildman–Crippen LogP) is 2.07. The summed E-state index contributed by atoms with van der Waals surface area (Å²) in [5, 5.41) is 11.2. The maximum atomic E-state index is 11.5. The van der Waals surface area contributed by atoms with E-state index in [-0.39, 0.29) is 5.91 Å². The zero-order valence-electron chi connectivity index (χ0n) is 7.58. The van der Waals surface area contributed by atoms with Crippen LogP contribution in [0.15, 0.2) is 21.4 Å². The number of carbonyl (C=O) groups excluding carboxylic acids is 1. The first-order valence-corrected chi connectivity index (χ1v) is 4.91. The van der Waals surface area contributed by atoms with Gasteiger partial charge in [0.2, 0.25) is 0 Å².